The highest BCUT2D eigenvalue weighted by Gasteiger charge is 2.19. The van der Waals surface area contributed by atoms with Crippen LogP contribution in [0.25, 0.3) is 5.82 Å². The number of rotatable bonds is 4. The van der Waals surface area contributed by atoms with Crippen LogP contribution in [0.3, 0.4) is 0 Å². The summed E-state index contributed by atoms with van der Waals surface area (Å²) in [5.74, 6) is 0.949. The van der Waals surface area contributed by atoms with Crippen LogP contribution >= 0.6 is 11.6 Å². The molecular weight excluding hydrogens is 330 g/mol. The van der Waals surface area contributed by atoms with E-state index in [4.69, 9.17) is 20.9 Å². The molecule has 0 aromatic carbocycles. The number of aryl methyl sites for hydroxylation is 2. The van der Waals surface area contributed by atoms with E-state index < -0.39 is 5.97 Å². The summed E-state index contributed by atoms with van der Waals surface area (Å²) in [5, 5.41) is 4.40. The van der Waals surface area contributed by atoms with E-state index in [0.29, 0.717) is 22.3 Å². The molecule has 0 bridgehead atoms. The minimum Gasteiger partial charge on any atom is -0.457 e. The second-order valence-corrected chi connectivity index (χ2v) is 5.87. The van der Waals surface area contributed by atoms with Crippen molar-refractivity contribution in [3.63, 3.8) is 0 Å². The molecule has 3 aromatic heterocycles. The highest BCUT2D eigenvalue weighted by atomic mass is 35.5. The maximum Gasteiger partial charge on any atom is 0.340 e. The average molecular weight is 346 g/mol. The molecule has 0 atom stereocenters. The van der Waals surface area contributed by atoms with Crippen molar-refractivity contribution in [3.8, 4) is 5.82 Å². The third-order valence-corrected chi connectivity index (χ3v) is 3.88. The van der Waals surface area contributed by atoms with Crippen LogP contribution in [-0.2, 0) is 11.3 Å². The van der Waals surface area contributed by atoms with E-state index in [-0.39, 0.29) is 6.61 Å². The lowest BCUT2D eigenvalue weighted by molar-refractivity contribution is 0.0471. The molecule has 124 valence electrons. The Labute approximate surface area is 144 Å². The van der Waals surface area contributed by atoms with Crippen molar-refractivity contribution in [1.29, 1.82) is 0 Å². The summed E-state index contributed by atoms with van der Waals surface area (Å²) in [6.45, 7) is 5.70. The van der Waals surface area contributed by atoms with Crippen molar-refractivity contribution in [2.45, 2.75) is 27.4 Å². The lowest BCUT2D eigenvalue weighted by Crippen LogP contribution is -2.07. The predicted molar refractivity (Wildman–Crippen MR) is 88.4 cm³/mol. The minimum atomic E-state index is -0.399. The summed E-state index contributed by atoms with van der Waals surface area (Å²) in [4.78, 5) is 16.3. The molecule has 0 amide bonds. The number of hydrogen-bond donors (Lipinski definition) is 0. The number of aromatic nitrogens is 3. The number of hydrogen-bond acceptors (Lipinski definition) is 5. The number of pyridine rings is 1. The van der Waals surface area contributed by atoms with Gasteiger partial charge in [-0.15, -0.1) is 0 Å². The highest BCUT2D eigenvalue weighted by molar-refractivity contribution is 6.29. The van der Waals surface area contributed by atoms with Crippen LogP contribution in [0.5, 0.6) is 0 Å². The molecule has 0 aliphatic rings. The minimum absolute atomic E-state index is 0.135. The van der Waals surface area contributed by atoms with Crippen LogP contribution in [0, 0.1) is 20.8 Å². The summed E-state index contributed by atoms with van der Waals surface area (Å²) in [7, 11) is 0. The van der Waals surface area contributed by atoms with Gasteiger partial charge >= 0.3 is 5.97 Å². The van der Waals surface area contributed by atoms with Gasteiger partial charge in [0.1, 0.15) is 17.5 Å². The third kappa shape index (κ3) is 3.19. The fourth-order valence-electron chi connectivity index (χ4n) is 2.50. The topological polar surface area (TPSA) is 70.2 Å². The summed E-state index contributed by atoms with van der Waals surface area (Å²) in [6.07, 6.45) is 1.58. The van der Waals surface area contributed by atoms with Crippen LogP contribution in [0.15, 0.2) is 35.0 Å². The van der Waals surface area contributed by atoms with Gasteiger partial charge in [-0.2, -0.15) is 0 Å². The normalized spacial score (nSPS) is 10.8. The largest absolute Gasteiger partial charge is 0.457 e. The Morgan fingerprint density at radius 2 is 2.08 bits per heavy atom. The maximum absolute atomic E-state index is 12.4. The van der Waals surface area contributed by atoms with Crippen LogP contribution in [0.1, 0.15) is 33.1 Å². The molecule has 0 radical (unpaired) electrons. The van der Waals surface area contributed by atoms with Crippen LogP contribution in [-0.4, -0.2) is 20.7 Å². The molecule has 0 aliphatic heterocycles. The lowest BCUT2D eigenvalue weighted by Gasteiger charge is -2.06. The summed E-state index contributed by atoms with van der Waals surface area (Å²) < 4.78 is 12.3. The Bertz CT molecular complexity index is 881. The quantitative estimate of drug-likeness (QED) is 0.531. The lowest BCUT2D eigenvalue weighted by atomic mass is 10.2. The maximum atomic E-state index is 12.4. The van der Waals surface area contributed by atoms with Crippen LogP contribution in [0.4, 0.5) is 0 Å². The first kappa shape index (κ1) is 16.3. The van der Waals surface area contributed by atoms with E-state index in [9.17, 15) is 4.79 Å². The van der Waals surface area contributed by atoms with E-state index in [1.54, 1.807) is 24.4 Å². The molecule has 0 aliphatic carbocycles. The second kappa shape index (κ2) is 6.49. The SMILES string of the molecule is Cc1cc(-n2c(C)cc(C(=O)OCc3ccc(Cl)nc3)c2C)no1. The predicted octanol–water partition coefficient (Wildman–Crippen LogP) is 3.80. The van der Waals surface area contributed by atoms with Crippen LogP contribution in [0.2, 0.25) is 5.15 Å². The molecule has 0 N–H and O–H groups in total. The van der Waals surface area contributed by atoms with Gasteiger partial charge in [0.05, 0.1) is 5.56 Å². The highest BCUT2D eigenvalue weighted by Crippen LogP contribution is 2.21. The standard InChI is InChI=1S/C17H16ClN3O3/c1-10-6-14(12(3)21(10)16-7-11(2)24-20-16)17(22)23-9-13-4-5-15(18)19-8-13/h4-8H,9H2,1-3H3. The van der Waals surface area contributed by atoms with Crippen LogP contribution < -0.4 is 0 Å². The van der Waals surface area contributed by atoms with Crippen molar-refractivity contribution >= 4 is 17.6 Å². The molecule has 7 heteroatoms. The molecule has 0 fully saturated rings. The molecule has 0 unspecified atom stereocenters. The van der Waals surface area contributed by atoms with Gasteiger partial charge in [0, 0.05) is 29.2 Å². The monoisotopic (exact) mass is 345 g/mol. The molecule has 3 rings (SSSR count). The van der Waals surface area contributed by atoms with Gasteiger partial charge in [-0.3, -0.25) is 4.57 Å². The molecule has 24 heavy (non-hydrogen) atoms. The van der Waals surface area contributed by atoms with Crippen molar-refractivity contribution in [3.05, 3.63) is 63.9 Å². The molecule has 6 nitrogen and oxygen atoms in total. The zero-order chi connectivity index (χ0) is 17.3. The number of ether oxygens (including phenoxy) is 1. The Balaban J connectivity index is 1.79. The zero-order valence-electron chi connectivity index (χ0n) is 13.5. The number of halogens is 1. The smallest absolute Gasteiger partial charge is 0.340 e. The van der Waals surface area contributed by atoms with Crippen molar-refractivity contribution in [2.75, 3.05) is 0 Å². The molecule has 0 spiro atoms. The fraction of sp³-hybridized carbons (Fsp3) is 0.235. The summed E-state index contributed by atoms with van der Waals surface area (Å²) in [5.41, 5.74) is 2.89. The van der Waals surface area contributed by atoms with Crippen molar-refractivity contribution in [1.82, 2.24) is 14.7 Å². The summed E-state index contributed by atoms with van der Waals surface area (Å²) in [6, 6.07) is 7.02. The Hall–Kier alpha value is -2.60. The van der Waals surface area contributed by atoms with Gasteiger partial charge in [-0.25, -0.2) is 9.78 Å². The Morgan fingerprint density at radius 3 is 2.71 bits per heavy atom. The molecule has 3 aromatic rings. The van der Waals surface area contributed by atoms with E-state index in [1.807, 2.05) is 31.4 Å². The molecule has 0 saturated carbocycles. The Morgan fingerprint density at radius 1 is 1.29 bits per heavy atom. The number of nitrogens with zero attached hydrogens (tertiary/aromatic N) is 3. The molecule has 3 heterocycles. The molecular formula is C17H16ClN3O3. The zero-order valence-corrected chi connectivity index (χ0v) is 14.3. The first-order valence-corrected chi connectivity index (χ1v) is 7.73. The first-order chi connectivity index (χ1) is 11.5. The third-order valence-electron chi connectivity index (χ3n) is 3.65. The average Bonchev–Trinajstić information content (AvgIpc) is 3.09. The molecule has 0 saturated heterocycles. The van der Waals surface area contributed by atoms with Gasteiger partial charge in [0.2, 0.25) is 0 Å². The van der Waals surface area contributed by atoms with E-state index in [1.165, 1.54) is 0 Å². The van der Waals surface area contributed by atoms with Crippen molar-refractivity contribution < 1.29 is 14.1 Å². The van der Waals surface area contributed by atoms with Crippen molar-refractivity contribution in [2.24, 2.45) is 0 Å². The van der Waals surface area contributed by atoms with Gasteiger partial charge in [-0.1, -0.05) is 22.8 Å². The summed E-state index contributed by atoms with van der Waals surface area (Å²) >= 11 is 5.74. The van der Waals surface area contributed by atoms with E-state index >= 15 is 0 Å². The first-order valence-electron chi connectivity index (χ1n) is 7.36. The number of carbonyl (C=O) groups excluding carboxylic acids is 1. The second-order valence-electron chi connectivity index (χ2n) is 5.48. The Kier molecular flexibility index (Phi) is 4.40. The number of esters is 1. The fourth-order valence-corrected chi connectivity index (χ4v) is 2.61. The van der Waals surface area contributed by atoms with Gasteiger partial charge in [0.25, 0.3) is 0 Å². The van der Waals surface area contributed by atoms with Gasteiger partial charge in [0.15, 0.2) is 5.82 Å². The van der Waals surface area contributed by atoms with Gasteiger partial charge < -0.3 is 9.26 Å². The van der Waals surface area contributed by atoms with E-state index in [0.717, 1.165) is 17.0 Å². The van der Waals surface area contributed by atoms with E-state index in [2.05, 4.69) is 10.1 Å². The number of carbonyl (C=O) groups is 1. The van der Waals surface area contributed by atoms with Gasteiger partial charge in [-0.05, 0) is 32.9 Å².